The van der Waals surface area contributed by atoms with Crippen LogP contribution in [0.15, 0.2) is 35.1 Å². The van der Waals surface area contributed by atoms with Gasteiger partial charge < -0.3 is 15.0 Å². The molecule has 1 aromatic carbocycles. The Kier molecular flexibility index (Phi) is 5.32. The lowest BCUT2D eigenvalue weighted by Crippen LogP contribution is -2.21. The number of aromatic amines is 1. The van der Waals surface area contributed by atoms with Crippen LogP contribution in [0.3, 0.4) is 0 Å². The largest absolute Gasteiger partial charge is 0.383 e. The number of H-pyrrole nitrogens is 1. The van der Waals surface area contributed by atoms with Crippen LogP contribution in [0.2, 0.25) is 0 Å². The molecule has 4 nitrogen and oxygen atoms in total. The fourth-order valence-corrected chi connectivity index (χ4v) is 2.73. The van der Waals surface area contributed by atoms with Crippen molar-refractivity contribution in [3.63, 3.8) is 0 Å². The first-order chi connectivity index (χ1) is 9.31. The molecule has 0 aliphatic carbocycles. The van der Waals surface area contributed by atoms with Crippen molar-refractivity contribution < 1.29 is 4.74 Å². The molecule has 2 N–H and O–H groups in total. The Bertz CT molecular complexity index is 548. The second-order valence-electron chi connectivity index (χ2n) is 4.17. The predicted octanol–water partition coefficient (Wildman–Crippen LogP) is 1.88. The molecule has 0 spiro atoms. The van der Waals surface area contributed by atoms with E-state index in [1.165, 1.54) is 11.3 Å². The van der Waals surface area contributed by atoms with E-state index in [4.69, 9.17) is 4.74 Å². The molecule has 0 aliphatic rings. The lowest BCUT2D eigenvalue weighted by atomic mass is 10.1. The first-order valence-electron chi connectivity index (χ1n) is 6.28. The average molecular weight is 278 g/mol. The van der Waals surface area contributed by atoms with E-state index in [0.717, 1.165) is 35.6 Å². The maximum Gasteiger partial charge on any atom is 0.305 e. The summed E-state index contributed by atoms with van der Waals surface area (Å²) in [6, 6.07) is 9.96. The summed E-state index contributed by atoms with van der Waals surface area (Å²) in [5.41, 5.74) is 2.01. The van der Waals surface area contributed by atoms with Gasteiger partial charge in [0.05, 0.1) is 12.3 Å². The minimum atomic E-state index is 0.00532. The summed E-state index contributed by atoms with van der Waals surface area (Å²) in [6.07, 6.45) is 0.845. The van der Waals surface area contributed by atoms with Crippen LogP contribution in [0.4, 0.5) is 0 Å². The summed E-state index contributed by atoms with van der Waals surface area (Å²) in [6.45, 7) is 2.38. The highest BCUT2D eigenvalue weighted by atomic mass is 32.1. The standard InChI is InChI=1S/C14H18N2O2S/c1-18-10-9-15-8-7-12-13(16-14(17)19-12)11-5-3-2-4-6-11/h2-6,15H,7-10H2,1H3,(H,16,17). The van der Waals surface area contributed by atoms with Crippen LogP contribution < -0.4 is 10.2 Å². The molecule has 1 heterocycles. The molecule has 0 saturated heterocycles. The third-order valence-corrected chi connectivity index (χ3v) is 3.74. The van der Waals surface area contributed by atoms with Crippen molar-refractivity contribution in [3.05, 3.63) is 44.9 Å². The second kappa shape index (κ2) is 7.23. The van der Waals surface area contributed by atoms with E-state index in [-0.39, 0.29) is 4.87 Å². The van der Waals surface area contributed by atoms with E-state index < -0.39 is 0 Å². The quantitative estimate of drug-likeness (QED) is 0.760. The Balaban J connectivity index is 2.03. The molecule has 0 unspecified atom stereocenters. The van der Waals surface area contributed by atoms with E-state index in [2.05, 4.69) is 10.3 Å². The van der Waals surface area contributed by atoms with E-state index >= 15 is 0 Å². The van der Waals surface area contributed by atoms with Crippen LogP contribution >= 0.6 is 11.3 Å². The Labute approximate surface area is 116 Å². The van der Waals surface area contributed by atoms with E-state index in [0.29, 0.717) is 6.61 Å². The number of benzene rings is 1. The third kappa shape index (κ3) is 4.02. The van der Waals surface area contributed by atoms with Gasteiger partial charge in [-0.3, -0.25) is 4.79 Å². The van der Waals surface area contributed by atoms with Crippen LogP contribution in [0.25, 0.3) is 11.3 Å². The van der Waals surface area contributed by atoms with Gasteiger partial charge in [-0.2, -0.15) is 0 Å². The summed E-state index contributed by atoms with van der Waals surface area (Å²) in [5, 5.41) is 3.29. The zero-order valence-electron chi connectivity index (χ0n) is 10.9. The number of rotatable bonds is 7. The monoisotopic (exact) mass is 278 g/mol. The first-order valence-corrected chi connectivity index (χ1v) is 7.10. The maximum atomic E-state index is 11.5. The fraction of sp³-hybridized carbons (Fsp3) is 0.357. The minimum Gasteiger partial charge on any atom is -0.383 e. The summed E-state index contributed by atoms with van der Waals surface area (Å²) in [5.74, 6) is 0. The van der Waals surface area contributed by atoms with Gasteiger partial charge in [0, 0.05) is 25.1 Å². The number of thiazole rings is 1. The lowest BCUT2D eigenvalue weighted by molar-refractivity contribution is 0.199. The van der Waals surface area contributed by atoms with E-state index in [1.807, 2.05) is 30.3 Å². The van der Waals surface area contributed by atoms with Gasteiger partial charge in [0.15, 0.2) is 0 Å². The molecule has 0 aliphatic heterocycles. The van der Waals surface area contributed by atoms with Gasteiger partial charge in [0.2, 0.25) is 0 Å². The minimum absolute atomic E-state index is 0.00532. The van der Waals surface area contributed by atoms with Crippen molar-refractivity contribution in [1.82, 2.24) is 10.3 Å². The van der Waals surface area contributed by atoms with Crippen LogP contribution in [0.1, 0.15) is 4.88 Å². The van der Waals surface area contributed by atoms with Gasteiger partial charge >= 0.3 is 4.87 Å². The third-order valence-electron chi connectivity index (χ3n) is 2.80. The molecule has 5 heteroatoms. The van der Waals surface area contributed by atoms with Crippen molar-refractivity contribution >= 4 is 11.3 Å². The highest BCUT2D eigenvalue weighted by molar-refractivity contribution is 7.09. The van der Waals surface area contributed by atoms with E-state index in [1.54, 1.807) is 7.11 Å². The molecule has 2 rings (SSSR count). The molecular weight excluding hydrogens is 260 g/mol. The van der Waals surface area contributed by atoms with Crippen molar-refractivity contribution in [1.29, 1.82) is 0 Å². The zero-order valence-corrected chi connectivity index (χ0v) is 11.8. The lowest BCUT2D eigenvalue weighted by Gasteiger charge is -2.05. The number of ether oxygens (including phenoxy) is 1. The van der Waals surface area contributed by atoms with Crippen molar-refractivity contribution in [2.24, 2.45) is 0 Å². The van der Waals surface area contributed by atoms with E-state index in [9.17, 15) is 4.79 Å². The summed E-state index contributed by atoms with van der Waals surface area (Å²) >= 11 is 1.29. The highest BCUT2D eigenvalue weighted by Gasteiger charge is 2.09. The molecule has 19 heavy (non-hydrogen) atoms. The molecule has 0 bridgehead atoms. The molecule has 102 valence electrons. The summed E-state index contributed by atoms with van der Waals surface area (Å²) in [7, 11) is 1.69. The van der Waals surface area contributed by atoms with Gasteiger partial charge in [0.1, 0.15) is 0 Å². The van der Waals surface area contributed by atoms with Crippen LogP contribution in [-0.4, -0.2) is 31.8 Å². The molecule has 0 radical (unpaired) electrons. The number of nitrogens with one attached hydrogen (secondary N) is 2. The number of hydrogen-bond acceptors (Lipinski definition) is 4. The second-order valence-corrected chi connectivity index (χ2v) is 5.24. The van der Waals surface area contributed by atoms with Crippen LogP contribution in [0, 0.1) is 0 Å². The number of aromatic nitrogens is 1. The molecule has 1 aromatic heterocycles. The predicted molar refractivity (Wildman–Crippen MR) is 78.8 cm³/mol. The molecule has 2 aromatic rings. The Hall–Kier alpha value is -1.43. The summed E-state index contributed by atoms with van der Waals surface area (Å²) < 4.78 is 4.98. The van der Waals surface area contributed by atoms with Gasteiger partial charge in [-0.05, 0) is 12.0 Å². The molecule has 0 fully saturated rings. The Morgan fingerprint density at radius 1 is 1.26 bits per heavy atom. The van der Waals surface area contributed by atoms with Crippen molar-refractivity contribution in [2.75, 3.05) is 26.8 Å². The van der Waals surface area contributed by atoms with Crippen LogP contribution in [0.5, 0.6) is 0 Å². The smallest absolute Gasteiger partial charge is 0.305 e. The summed E-state index contributed by atoms with van der Waals surface area (Å²) in [4.78, 5) is 15.6. The average Bonchev–Trinajstić information content (AvgIpc) is 2.81. The SMILES string of the molecule is COCCNCCc1sc(=O)[nH]c1-c1ccccc1. The number of methoxy groups -OCH3 is 1. The molecular formula is C14H18N2O2S. The first kappa shape index (κ1) is 14.0. The topological polar surface area (TPSA) is 54.1 Å². The normalized spacial score (nSPS) is 10.8. The Morgan fingerprint density at radius 3 is 2.79 bits per heavy atom. The van der Waals surface area contributed by atoms with Crippen molar-refractivity contribution in [2.45, 2.75) is 6.42 Å². The van der Waals surface area contributed by atoms with Gasteiger partial charge in [-0.15, -0.1) is 0 Å². The van der Waals surface area contributed by atoms with Gasteiger partial charge in [-0.1, -0.05) is 41.7 Å². The molecule has 0 saturated carbocycles. The molecule has 0 atom stereocenters. The van der Waals surface area contributed by atoms with Crippen molar-refractivity contribution in [3.8, 4) is 11.3 Å². The fourth-order valence-electron chi connectivity index (χ4n) is 1.88. The van der Waals surface area contributed by atoms with Gasteiger partial charge in [-0.25, -0.2) is 0 Å². The molecule has 0 amide bonds. The zero-order chi connectivity index (χ0) is 13.5. The highest BCUT2D eigenvalue weighted by Crippen LogP contribution is 2.22. The van der Waals surface area contributed by atoms with Gasteiger partial charge in [0.25, 0.3) is 0 Å². The maximum absolute atomic E-state index is 11.5. The van der Waals surface area contributed by atoms with Crippen LogP contribution in [-0.2, 0) is 11.2 Å². The Morgan fingerprint density at radius 2 is 2.05 bits per heavy atom. The number of hydrogen-bond donors (Lipinski definition) is 2.